The lowest BCUT2D eigenvalue weighted by atomic mass is 10.2. The lowest BCUT2D eigenvalue weighted by Gasteiger charge is -2.15. The third-order valence-electron chi connectivity index (χ3n) is 2.23. The Morgan fingerprint density at radius 1 is 1.39 bits per heavy atom. The molecule has 0 bridgehead atoms. The maximum atomic E-state index is 11.7. The summed E-state index contributed by atoms with van der Waals surface area (Å²) >= 11 is 3.35. The number of alkyl halides is 1. The molecule has 0 aliphatic carbocycles. The number of benzene rings is 1. The predicted octanol–water partition coefficient (Wildman–Crippen LogP) is 2.20. The number of hydrogen-bond acceptors (Lipinski definition) is 3. The average molecular weight is 337 g/mol. The molecule has 18 heavy (non-hydrogen) atoms. The smallest absolute Gasteiger partial charge is 0.301 e. The van der Waals surface area contributed by atoms with Crippen LogP contribution in [-0.4, -0.2) is 33.4 Å². The van der Waals surface area contributed by atoms with Gasteiger partial charge in [0.15, 0.2) is 0 Å². The fourth-order valence-corrected chi connectivity index (χ4v) is 2.33. The highest BCUT2D eigenvalue weighted by Crippen LogP contribution is 2.25. The van der Waals surface area contributed by atoms with Crippen LogP contribution in [0.15, 0.2) is 18.2 Å². The van der Waals surface area contributed by atoms with E-state index in [1.165, 1.54) is 14.1 Å². The summed E-state index contributed by atoms with van der Waals surface area (Å²) in [6.07, 6.45) is 0. The van der Waals surface area contributed by atoms with Crippen molar-refractivity contribution >= 4 is 31.8 Å². The van der Waals surface area contributed by atoms with Crippen molar-refractivity contribution in [2.75, 3.05) is 25.4 Å². The van der Waals surface area contributed by atoms with Gasteiger partial charge in [0.1, 0.15) is 5.75 Å². The van der Waals surface area contributed by atoms with Gasteiger partial charge in [0.2, 0.25) is 0 Å². The molecule has 0 atom stereocenters. The Hall–Kier alpha value is -0.790. The molecular weight excluding hydrogens is 320 g/mol. The van der Waals surface area contributed by atoms with Crippen molar-refractivity contribution < 1.29 is 13.2 Å². The largest absolute Gasteiger partial charge is 0.494 e. The monoisotopic (exact) mass is 336 g/mol. The third-order valence-corrected chi connectivity index (χ3v) is 4.29. The van der Waals surface area contributed by atoms with Crippen LogP contribution in [-0.2, 0) is 15.5 Å². The van der Waals surface area contributed by atoms with Crippen molar-refractivity contribution in [3.05, 3.63) is 23.8 Å². The number of anilines is 1. The second-order valence-corrected chi connectivity index (χ2v) is 6.22. The third kappa shape index (κ3) is 3.86. The van der Waals surface area contributed by atoms with Gasteiger partial charge in [-0.3, -0.25) is 4.72 Å². The summed E-state index contributed by atoms with van der Waals surface area (Å²) in [7, 11) is -0.525. The Kier molecular flexibility index (Phi) is 5.43. The molecule has 1 aromatic rings. The van der Waals surface area contributed by atoms with E-state index in [1.807, 2.05) is 6.92 Å². The summed E-state index contributed by atoms with van der Waals surface area (Å²) in [6, 6.07) is 5.19. The average Bonchev–Trinajstić information content (AvgIpc) is 2.30. The fourth-order valence-electron chi connectivity index (χ4n) is 1.28. The Bertz CT molecular complexity index is 503. The summed E-state index contributed by atoms with van der Waals surface area (Å²) in [6.45, 7) is 2.48. The van der Waals surface area contributed by atoms with Crippen LogP contribution in [0.2, 0.25) is 0 Å². The zero-order chi connectivity index (χ0) is 13.8. The SMILES string of the molecule is CCOc1ccc(NS(=O)(=O)N(C)C)cc1CBr. The number of nitrogens with one attached hydrogen (secondary N) is 1. The molecular formula is C11H17BrN2O3S. The van der Waals surface area contributed by atoms with Gasteiger partial charge >= 0.3 is 10.2 Å². The Morgan fingerprint density at radius 2 is 2.06 bits per heavy atom. The van der Waals surface area contributed by atoms with E-state index in [0.29, 0.717) is 17.6 Å². The standard InChI is InChI=1S/C11H17BrN2O3S/c1-4-17-11-6-5-10(7-9(11)8-12)13-18(15,16)14(2)3/h5-7,13H,4,8H2,1-3H3. The zero-order valence-corrected chi connectivity index (χ0v) is 13.0. The predicted molar refractivity (Wildman–Crippen MR) is 76.5 cm³/mol. The maximum absolute atomic E-state index is 11.7. The fraction of sp³-hybridized carbons (Fsp3) is 0.455. The number of hydrogen-bond donors (Lipinski definition) is 1. The summed E-state index contributed by atoms with van der Waals surface area (Å²) in [4.78, 5) is 0. The minimum absolute atomic E-state index is 0.515. The lowest BCUT2D eigenvalue weighted by Crippen LogP contribution is -2.28. The van der Waals surface area contributed by atoms with Gasteiger partial charge in [-0.1, -0.05) is 15.9 Å². The van der Waals surface area contributed by atoms with Crippen LogP contribution in [0.1, 0.15) is 12.5 Å². The second-order valence-electron chi connectivity index (χ2n) is 3.78. The number of nitrogens with zero attached hydrogens (tertiary/aromatic N) is 1. The molecule has 7 heteroatoms. The molecule has 1 rings (SSSR count). The van der Waals surface area contributed by atoms with Crippen molar-refractivity contribution in [3.63, 3.8) is 0 Å². The molecule has 0 saturated carbocycles. The van der Waals surface area contributed by atoms with E-state index in [4.69, 9.17) is 4.74 Å². The van der Waals surface area contributed by atoms with E-state index in [0.717, 1.165) is 15.6 Å². The Balaban J connectivity index is 2.99. The highest BCUT2D eigenvalue weighted by molar-refractivity contribution is 9.08. The lowest BCUT2D eigenvalue weighted by molar-refractivity contribution is 0.338. The first kappa shape index (κ1) is 15.3. The van der Waals surface area contributed by atoms with Gasteiger partial charge in [-0.25, -0.2) is 0 Å². The van der Waals surface area contributed by atoms with Gasteiger partial charge in [0, 0.05) is 25.0 Å². The van der Waals surface area contributed by atoms with Gasteiger partial charge in [0.25, 0.3) is 0 Å². The minimum Gasteiger partial charge on any atom is -0.494 e. The molecule has 102 valence electrons. The minimum atomic E-state index is -3.47. The first-order valence-electron chi connectivity index (χ1n) is 5.42. The first-order valence-corrected chi connectivity index (χ1v) is 7.98. The van der Waals surface area contributed by atoms with E-state index in [9.17, 15) is 8.42 Å². The summed E-state index contributed by atoms with van der Waals surface area (Å²) in [5.74, 6) is 0.752. The van der Waals surface area contributed by atoms with Crippen molar-refractivity contribution in [1.82, 2.24) is 4.31 Å². The van der Waals surface area contributed by atoms with E-state index in [-0.39, 0.29) is 0 Å². The van der Waals surface area contributed by atoms with Gasteiger partial charge < -0.3 is 4.74 Å². The van der Waals surface area contributed by atoms with Crippen LogP contribution in [0.3, 0.4) is 0 Å². The van der Waals surface area contributed by atoms with Crippen molar-refractivity contribution in [1.29, 1.82) is 0 Å². The molecule has 0 aromatic heterocycles. The van der Waals surface area contributed by atoms with Crippen LogP contribution < -0.4 is 9.46 Å². The van der Waals surface area contributed by atoms with Crippen molar-refractivity contribution in [2.24, 2.45) is 0 Å². The first-order chi connectivity index (χ1) is 8.40. The molecule has 1 N–H and O–H groups in total. The van der Waals surface area contributed by atoms with Gasteiger partial charge in [-0.15, -0.1) is 0 Å². The van der Waals surface area contributed by atoms with Crippen LogP contribution in [0.5, 0.6) is 5.75 Å². The molecule has 1 aromatic carbocycles. The molecule has 0 amide bonds. The summed E-state index contributed by atoms with van der Waals surface area (Å²) < 4.78 is 32.4. The molecule has 5 nitrogen and oxygen atoms in total. The van der Waals surface area contributed by atoms with Crippen LogP contribution in [0, 0.1) is 0 Å². The van der Waals surface area contributed by atoms with Crippen molar-refractivity contribution in [2.45, 2.75) is 12.3 Å². The molecule has 0 unspecified atom stereocenters. The van der Waals surface area contributed by atoms with Gasteiger partial charge in [-0.05, 0) is 25.1 Å². The molecule has 0 heterocycles. The normalized spacial score (nSPS) is 11.6. The van der Waals surface area contributed by atoms with Gasteiger partial charge in [0.05, 0.1) is 12.3 Å². The van der Waals surface area contributed by atoms with Gasteiger partial charge in [-0.2, -0.15) is 12.7 Å². The number of halogens is 1. The van der Waals surface area contributed by atoms with E-state index >= 15 is 0 Å². The molecule has 0 saturated heterocycles. The van der Waals surface area contributed by atoms with E-state index in [2.05, 4.69) is 20.7 Å². The van der Waals surface area contributed by atoms with Crippen LogP contribution in [0.25, 0.3) is 0 Å². The zero-order valence-electron chi connectivity index (χ0n) is 10.6. The van der Waals surface area contributed by atoms with E-state index in [1.54, 1.807) is 18.2 Å². The highest BCUT2D eigenvalue weighted by Gasteiger charge is 2.14. The summed E-state index contributed by atoms with van der Waals surface area (Å²) in [5, 5.41) is 0.597. The molecule has 0 fully saturated rings. The molecule has 0 aliphatic heterocycles. The molecule has 0 radical (unpaired) electrons. The number of rotatable bonds is 6. The van der Waals surface area contributed by atoms with Crippen LogP contribution >= 0.6 is 15.9 Å². The topological polar surface area (TPSA) is 58.6 Å². The quantitative estimate of drug-likeness (QED) is 0.810. The molecule has 0 aliphatic rings. The Morgan fingerprint density at radius 3 is 2.56 bits per heavy atom. The van der Waals surface area contributed by atoms with Crippen molar-refractivity contribution in [3.8, 4) is 5.75 Å². The molecule has 0 spiro atoms. The summed E-state index contributed by atoms with van der Waals surface area (Å²) in [5.41, 5.74) is 1.41. The highest BCUT2D eigenvalue weighted by atomic mass is 79.9. The Labute approximate surface area is 116 Å². The van der Waals surface area contributed by atoms with E-state index < -0.39 is 10.2 Å². The maximum Gasteiger partial charge on any atom is 0.301 e. The number of ether oxygens (including phenoxy) is 1. The second kappa shape index (κ2) is 6.40. The van der Waals surface area contributed by atoms with Crippen LogP contribution in [0.4, 0.5) is 5.69 Å².